The second-order valence-electron chi connectivity index (χ2n) is 16.5. The molecule has 3 saturated heterocycles. The summed E-state index contributed by atoms with van der Waals surface area (Å²) in [4.78, 5) is 114. The van der Waals surface area contributed by atoms with Crippen molar-refractivity contribution in [1.29, 1.82) is 0 Å². The molecule has 1 unspecified atom stereocenters. The Morgan fingerprint density at radius 3 is 1.82 bits per heavy atom. The van der Waals surface area contributed by atoms with Crippen molar-refractivity contribution in [3.8, 4) is 5.75 Å². The van der Waals surface area contributed by atoms with E-state index in [-0.39, 0.29) is 44.5 Å². The fourth-order valence-corrected chi connectivity index (χ4v) is 8.13. The zero-order chi connectivity index (χ0) is 45.1. The molecule has 9 atom stereocenters. The normalized spacial score (nSPS) is 28.1. The van der Waals surface area contributed by atoms with Crippen LogP contribution in [0, 0.1) is 11.8 Å². The molecule has 3 heterocycles. The van der Waals surface area contributed by atoms with E-state index in [0.717, 1.165) is 0 Å². The predicted octanol–water partition coefficient (Wildman–Crippen LogP) is -0.777. The first-order valence-electron chi connectivity index (χ1n) is 21.3. The number of hydrogen-bond donors (Lipinski definition) is 8. The van der Waals surface area contributed by atoms with Crippen LogP contribution in [0.5, 0.6) is 5.75 Å². The van der Waals surface area contributed by atoms with Crippen LogP contribution in [0.15, 0.2) is 54.6 Å². The number of Topliss-reactive ketones (excluding diaryl/α,β-unsaturated/α-hetero) is 1. The summed E-state index contributed by atoms with van der Waals surface area (Å²) >= 11 is 0. The molecule has 336 valence electrons. The third kappa shape index (κ3) is 11.7. The molecular formula is C44H59N7O11. The zero-order valence-corrected chi connectivity index (χ0v) is 35.4. The van der Waals surface area contributed by atoms with Crippen LogP contribution in [0.25, 0.3) is 0 Å². The number of fused-ring (bicyclic) bond motifs is 2. The number of aromatic hydroxyl groups is 1. The van der Waals surface area contributed by atoms with Crippen molar-refractivity contribution in [1.82, 2.24) is 36.4 Å². The van der Waals surface area contributed by atoms with Crippen LogP contribution in [0.2, 0.25) is 0 Å². The standard InChI is InChI=1S/C44H59N7O11/c1-4-25(2)37-42(60)48-33(24-53)40(58)46-31(20-27-10-6-5-7-11-27)39(57)45-26(3)36(55)22-29(23-52)38(56)47-32(21-28-14-16-30(54)17-15-28)43(61)51-19-9-13-35(51)44(62)50-18-8-12-34(50)41(59)49-37/h5-7,10-11,14-17,25-26,29,31-35,37,52-54H,4,8-9,12-13,18-24H2,1-3H3,(H,45,57)(H,46,58)(H,47,56)(H,48,60)(H,49,59)/t25?,26-,29-,31+,32+,33+,34+,35+,37+/m0/s1. The number of benzene rings is 2. The second kappa shape index (κ2) is 21.8. The molecule has 2 aromatic carbocycles. The molecule has 3 aliphatic rings. The Hall–Kier alpha value is -5.88. The monoisotopic (exact) mass is 861 g/mol. The minimum Gasteiger partial charge on any atom is -0.508 e. The highest BCUT2D eigenvalue weighted by Gasteiger charge is 2.45. The highest BCUT2D eigenvalue weighted by atomic mass is 16.3. The minimum absolute atomic E-state index is 0.0217. The van der Waals surface area contributed by atoms with Crippen LogP contribution in [0.4, 0.5) is 0 Å². The summed E-state index contributed by atoms with van der Waals surface area (Å²) in [6, 6.07) is 6.12. The lowest BCUT2D eigenvalue weighted by atomic mass is 9.96. The van der Waals surface area contributed by atoms with Gasteiger partial charge in [0.25, 0.3) is 0 Å². The van der Waals surface area contributed by atoms with E-state index in [2.05, 4.69) is 26.6 Å². The van der Waals surface area contributed by atoms with Gasteiger partial charge < -0.3 is 51.7 Å². The number of nitrogens with one attached hydrogen (secondary N) is 5. The maximum atomic E-state index is 14.5. The number of aliphatic hydroxyl groups is 2. The van der Waals surface area contributed by atoms with Crippen molar-refractivity contribution < 1.29 is 53.7 Å². The van der Waals surface area contributed by atoms with Crippen molar-refractivity contribution in [3.05, 3.63) is 65.7 Å². The average molecular weight is 862 g/mol. The molecule has 18 heteroatoms. The van der Waals surface area contributed by atoms with E-state index in [9.17, 15) is 53.7 Å². The summed E-state index contributed by atoms with van der Waals surface area (Å²) in [6.07, 6.45) is 1.24. The Kier molecular flexibility index (Phi) is 16.6. The molecule has 18 nitrogen and oxygen atoms in total. The van der Waals surface area contributed by atoms with Crippen molar-refractivity contribution in [3.63, 3.8) is 0 Å². The SMILES string of the molecule is CCC(C)[C@H]1NC(=O)[C@H]2CCCN2C(=O)[C@H]2CCCN2C(=O)[C@@H](Cc2ccc(O)cc2)NC(=O)[C@H](CO)CC(=O)[C@H](C)NC(=O)[C@@H](Cc2ccccc2)NC(=O)[C@@H](CO)NC1=O. The maximum absolute atomic E-state index is 14.5. The van der Waals surface area contributed by atoms with Gasteiger partial charge in [0.05, 0.1) is 25.2 Å². The quantitative estimate of drug-likeness (QED) is 0.163. The van der Waals surface area contributed by atoms with Crippen molar-refractivity contribution >= 4 is 47.1 Å². The van der Waals surface area contributed by atoms with Crippen LogP contribution in [-0.4, -0.2) is 141 Å². The van der Waals surface area contributed by atoms with Gasteiger partial charge >= 0.3 is 0 Å². The highest BCUT2D eigenvalue weighted by Crippen LogP contribution is 2.27. The number of hydrogen-bond acceptors (Lipinski definition) is 11. The van der Waals surface area contributed by atoms with Crippen LogP contribution in [0.1, 0.15) is 70.4 Å². The van der Waals surface area contributed by atoms with Crippen molar-refractivity contribution in [2.75, 3.05) is 26.3 Å². The van der Waals surface area contributed by atoms with Gasteiger partial charge in [-0.25, -0.2) is 0 Å². The molecule has 8 N–H and O–H groups in total. The maximum Gasteiger partial charge on any atom is 0.246 e. The summed E-state index contributed by atoms with van der Waals surface area (Å²) in [7, 11) is 0. The summed E-state index contributed by atoms with van der Waals surface area (Å²) in [5.41, 5.74) is 1.20. The number of amides is 7. The van der Waals surface area contributed by atoms with Gasteiger partial charge in [0, 0.05) is 32.4 Å². The molecule has 0 saturated carbocycles. The molecule has 0 aliphatic carbocycles. The Balaban J connectivity index is 1.50. The number of phenols is 1. The molecule has 5 rings (SSSR count). The van der Waals surface area contributed by atoms with E-state index in [1.54, 1.807) is 49.4 Å². The summed E-state index contributed by atoms with van der Waals surface area (Å²) < 4.78 is 0. The number of aliphatic hydroxyl groups excluding tert-OH is 2. The molecule has 0 radical (unpaired) electrons. The Morgan fingerprint density at radius 1 is 0.629 bits per heavy atom. The largest absolute Gasteiger partial charge is 0.508 e. The van der Waals surface area contributed by atoms with Crippen molar-refractivity contribution in [2.24, 2.45) is 11.8 Å². The van der Waals surface area contributed by atoms with Gasteiger partial charge in [0.1, 0.15) is 42.0 Å². The number of nitrogens with zero attached hydrogens (tertiary/aromatic N) is 2. The lowest BCUT2D eigenvalue weighted by molar-refractivity contribution is -0.148. The van der Waals surface area contributed by atoms with E-state index in [4.69, 9.17) is 0 Å². The lowest BCUT2D eigenvalue weighted by Crippen LogP contribution is -2.61. The number of phenolic OH excluding ortho intramolecular Hbond substituents is 1. The van der Waals surface area contributed by atoms with Gasteiger partial charge in [0.15, 0.2) is 5.78 Å². The van der Waals surface area contributed by atoms with Gasteiger partial charge in [0.2, 0.25) is 41.4 Å². The fraction of sp³-hybridized carbons (Fsp3) is 0.545. The minimum atomic E-state index is -1.56. The van der Waals surface area contributed by atoms with E-state index in [1.807, 2.05) is 6.92 Å². The van der Waals surface area contributed by atoms with E-state index in [1.165, 1.54) is 28.9 Å². The van der Waals surface area contributed by atoms with E-state index < -0.39 is 121 Å². The highest BCUT2D eigenvalue weighted by molar-refractivity contribution is 5.99. The molecule has 62 heavy (non-hydrogen) atoms. The molecule has 2 aromatic rings. The molecule has 3 aliphatic heterocycles. The molecular weight excluding hydrogens is 803 g/mol. The molecule has 7 amide bonds. The number of carbonyl (C=O) groups is 8. The Bertz CT molecular complexity index is 1950. The first-order chi connectivity index (χ1) is 29.6. The van der Waals surface area contributed by atoms with Gasteiger partial charge in [-0.05, 0) is 61.8 Å². The lowest BCUT2D eigenvalue weighted by Gasteiger charge is -2.34. The Labute approximate surface area is 360 Å². The van der Waals surface area contributed by atoms with Gasteiger partial charge in [-0.1, -0.05) is 62.7 Å². The molecule has 0 spiro atoms. The Morgan fingerprint density at radius 2 is 1.19 bits per heavy atom. The second-order valence-corrected chi connectivity index (χ2v) is 16.5. The van der Waals surface area contributed by atoms with E-state index in [0.29, 0.717) is 30.4 Å². The third-order valence-corrected chi connectivity index (χ3v) is 12.1. The van der Waals surface area contributed by atoms with Gasteiger partial charge in [-0.3, -0.25) is 38.4 Å². The molecule has 0 aromatic heterocycles. The summed E-state index contributed by atoms with van der Waals surface area (Å²) in [5.74, 6) is -7.46. The zero-order valence-electron chi connectivity index (χ0n) is 35.4. The molecule has 0 bridgehead atoms. The fourth-order valence-electron chi connectivity index (χ4n) is 8.13. The van der Waals surface area contributed by atoms with Gasteiger partial charge in [-0.2, -0.15) is 0 Å². The van der Waals surface area contributed by atoms with E-state index >= 15 is 0 Å². The smallest absolute Gasteiger partial charge is 0.246 e. The van der Waals surface area contributed by atoms with Crippen molar-refractivity contribution in [2.45, 2.75) is 114 Å². The topological polar surface area (TPSA) is 264 Å². The first-order valence-corrected chi connectivity index (χ1v) is 21.3. The average Bonchev–Trinajstić information content (AvgIpc) is 3.97. The number of rotatable bonds is 8. The number of ketones is 1. The predicted molar refractivity (Wildman–Crippen MR) is 223 cm³/mol. The van der Waals surface area contributed by atoms with Crippen LogP contribution in [-0.2, 0) is 51.2 Å². The van der Waals surface area contributed by atoms with Crippen LogP contribution in [0.3, 0.4) is 0 Å². The number of carbonyl (C=O) groups excluding carboxylic acids is 8. The van der Waals surface area contributed by atoms with Gasteiger partial charge in [-0.15, -0.1) is 0 Å². The molecule has 3 fully saturated rings. The summed E-state index contributed by atoms with van der Waals surface area (Å²) in [6.45, 7) is 3.63. The van der Waals surface area contributed by atoms with Crippen LogP contribution < -0.4 is 26.6 Å². The third-order valence-electron chi connectivity index (χ3n) is 12.1. The first kappa shape index (κ1) is 47.2. The van der Waals surface area contributed by atoms with Crippen LogP contribution >= 0.6 is 0 Å². The summed E-state index contributed by atoms with van der Waals surface area (Å²) in [5, 5.41) is 43.7.